The van der Waals surface area contributed by atoms with Gasteiger partial charge in [-0.3, -0.25) is 4.90 Å². The second-order valence-corrected chi connectivity index (χ2v) is 9.29. The van der Waals surface area contributed by atoms with Gasteiger partial charge in [-0.05, 0) is 67.0 Å². The van der Waals surface area contributed by atoms with Crippen LogP contribution in [0.1, 0.15) is 37.0 Å². The van der Waals surface area contributed by atoms with Crippen molar-refractivity contribution in [3.63, 3.8) is 0 Å². The third-order valence-corrected chi connectivity index (χ3v) is 7.16. The van der Waals surface area contributed by atoms with Crippen molar-refractivity contribution in [1.82, 2.24) is 4.90 Å². The number of likely N-dealkylation sites (tertiary alicyclic amines) is 1. The monoisotopic (exact) mass is 469 g/mol. The standard InChI is InChI=1S/C27H29Cl2NO2/c1-18(27(31)22-7-11-24-21(17-22)8-12-25(32-2)26(24)29)30-15-13-20(14-16-30)4-3-19-5-9-23(28)10-6-19/h4-12,17-18,27,31H,3,13-16H2,1-2H3. The second-order valence-electron chi connectivity index (χ2n) is 8.48. The third kappa shape index (κ3) is 5.13. The predicted molar refractivity (Wildman–Crippen MR) is 134 cm³/mol. The first-order valence-electron chi connectivity index (χ1n) is 11.1. The molecule has 0 bridgehead atoms. The molecule has 1 saturated heterocycles. The van der Waals surface area contributed by atoms with Crippen LogP contribution in [0.3, 0.4) is 0 Å². The molecule has 1 aliphatic heterocycles. The zero-order valence-electron chi connectivity index (χ0n) is 18.5. The molecule has 3 aromatic rings. The van der Waals surface area contributed by atoms with Crippen LogP contribution in [0.4, 0.5) is 0 Å². The van der Waals surface area contributed by atoms with E-state index < -0.39 is 6.10 Å². The molecule has 0 aliphatic carbocycles. The minimum absolute atomic E-state index is 0.0407. The average molecular weight is 470 g/mol. The van der Waals surface area contributed by atoms with Crippen molar-refractivity contribution in [2.45, 2.75) is 38.3 Å². The second kappa shape index (κ2) is 10.3. The number of hydrogen-bond donors (Lipinski definition) is 1. The quantitative estimate of drug-likeness (QED) is 0.401. The number of piperidine rings is 1. The molecular formula is C27H29Cl2NO2. The summed E-state index contributed by atoms with van der Waals surface area (Å²) < 4.78 is 5.31. The van der Waals surface area contributed by atoms with Crippen molar-refractivity contribution in [3.05, 3.63) is 87.4 Å². The van der Waals surface area contributed by atoms with Gasteiger partial charge < -0.3 is 9.84 Å². The van der Waals surface area contributed by atoms with Gasteiger partial charge >= 0.3 is 0 Å². The van der Waals surface area contributed by atoms with Crippen LogP contribution in [-0.2, 0) is 6.42 Å². The van der Waals surface area contributed by atoms with Crippen molar-refractivity contribution < 1.29 is 9.84 Å². The number of ether oxygens (including phenoxy) is 1. The number of allylic oxidation sites excluding steroid dienone is 1. The first kappa shape index (κ1) is 23.1. The Balaban J connectivity index is 1.38. The minimum atomic E-state index is -0.556. The molecule has 168 valence electrons. The highest BCUT2D eigenvalue weighted by Crippen LogP contribution is 2.35. The van der Waals surface area contributed by atoms with Gasteiger partial charge in [-0.2, -0.15) is 0 Å². The van der Waals surface area contributed by atoms with Crippen LogP contribution in [0.15, 0.2) is 66.2 Å². The normalized spacial score (nSPS) is 16.7. The molecule has 0 aromatic heterocycles. The first-order valence-corrected chi connectivity index (χ1v) is 11.8. The number of nitrogens with zero attached hydrogens (tertiary/aromatic N) is 1. The van der Waals surface area contributed by atoms with Crippen LogP contribution in [0.2, 0.25) is 10.0 Å². The maximum atomic E-state index is 11.1. The Morgan fingerprint density at radius 2 is 1.75 bits per heavy atom. The van der Waals surface area contributed by atoms with E-state index in [1.165, 1.54) is 11.1 Å². The van der Waals surface area contributed by atoms with Crippen LogP contribution < -0.4 is 4.74 Å². The van der Waals surface area contributed by atoms with E-state index in [0.717, 1.165) is 53.7 Å². The maximum absolute atomic E-state index is 11.1. The molecule has 2 atom stereocenters. The molecule has 0 spiro atoms. The molecule has 2 unspecified atom stereocenters. The van der Waals surface area contributed by atoms with Gasteiger partial charge in [0.15, 0.2) is 0 Å². The highest BCUT2D eigenvalue weighted by atomic mass is 35.5. The number of rotatable bonds is 6. The largest absolute Gasteiger partial charge is 0.495 e. The van der Waals surface area contributed by atoms with Crippen LogP contribution >= 0.6 is 23.2 Å². The minimum Gasteiger partial charge on any atom is -0.495 e. The van der Waals surface area contributed by atoms with Crippen LogP contribution in [-0.4, -0.2) is 36.2 Å². The molecule has 32 heavy (non-hydrogen) atoms. The third-order valence-electron chi connectivity index (χ3n) is 6.52. The van der Waals surface area contributed by atoms with Crippen LogP contribution in [0, 0.1) is 0 Å². The lowest BCUT2D eigenvalue weighted by atomic mass is 9.95. The summed E-state index contributed by atoms with van der Waals surface area (Å²) in [6.45, 7) is 4.03. The van der Waals surface area contributed by atoms with Gasteiger partial charge in [0.05, 0.1) is 18.2 Å². The summed E-state index contributed by atoms with van der Waals surface area (Å²) in [7, 11) is 1.61. The topological polar surface area (TPSA) is 32.7 Å². The molecule has 0 saturated carbocycles. The lowest BCUT2D eigenvalue weighted by molar-refractivity contribution is 0.0533. The lowest BCUT2D eigenvalue weighted by Crippen LogP contribution is -2.41. The Morgan fingerprint density at radius 1 is 1.03 bits per heavy atom. The van der Waals surface area contributed by atoms with Gasteiger partial charge in [0.25, 0.3) is 0 Å². The van der Waals surface area contributed by atoms with E-state index in [1.54, 1.807) is 7.11 Å². The SMILES string of the molecule is COc1ccc2cc(C(O)C(C)N3CCC(=CCc4ccc(Cl)cc4)CC3)ccc2c1Cl. The molecule has 4 rings (SSSR count). The van der Waals surface area contributed by atoms with E-state index in [1.807, 2.05) is 42.5 Å². The van der Waals surface area contributed by atoms with Crippen molar-refractivity contribution in [2.75, 3.05) is 20.2 Å². The van der Waals surface area contributed by atoms with E-state index in [9.17, 15) is 5.11 Å². The molecule has 1 aliphatic rings. The number of fused-ring (bicyclic) bond motifs is 1. The summed E-state index contributed by atoms with van der Waals surface area (Å²) in [6, 6.07) is 17.9. The average Bonchev–Trinajstić information content (AvgIpc) is 2.83. The fourth-order valence-electron chi connectivity index (χ4n) is 4.42. The Hall–Kier alpha value is -2.04. The summed E-state index contributed by atoms with van der Waals surface area (Å²) in [6.07, 6.45) is 4.81. The fraction of sp³-hybridized carbons (Fsp3) is 0.333. The summed E-state index contributed by atoms with van der Waals surface area (Å²) in [5, 5.41) is 14.4. The number of halogens is 2. The molecule has 3 nitrogen and oxygen atoms in total. The molecule has 1 N–H and O–H groups in total. The highest BCUT2D eigenvalue weighted by Gasteiger charge is 2.26. The molecule has 0 radical (unpaired) electrons. The van der Waals surface area contributed by atoms with Crippen molar-refractivity contribution in [3.8, 4) is 5.75 Å². The van der Waals surface area contributed by atoms with Gasteiger partial charge in [0, 0.05) is 29.5 Å². The Bertz CT molecular complexity index is 1100. The number of hydrogen-bond acceptors (Lipinski definition) is 3. The zero-order valence-corrected chi connectivity index (χ0v) is 20.0. The smallest absolute Gasteiger partial charge is 0.138 e. The van der Waals surface area contributed by atoms with Gasteiger partial charge in [0.2, 0.25) is 0 Å². The van der Waals surface area contributed by atoms with Crippen LogP contribution in [0.5, 0.6) is 5.75 Å². The summed E-state index contributed by atoms with van der Waals surface area (Å²) in [4.78, 5) is 2.38. The Kier molecular flexibility index (Phi) is 7.42. The Morgan fingerprint density at radius 3 is 2.44 bits per heavy atom. The predicted octanol–water partition coefficient (Wildman–Crippen LogP) is 6.84. The number of methoxy groups -OCH3 is 1. The van der Waals surface area contributed by atoms with Crippen molar-refractivity contribution in [1.29, 1.82) is 0 Å². The van der Waals surface area contributed by atoms with Gasteiger partial charge in [-0.25, -0.2) is 0 Å². The zero-order chi connectivity index (χ0) is 22.7. The molecule has 1 fully saturated rings. The van der Waals surface area contributed by atoms with E-state index in [2.05, 4.69) is 30.0 Å². The highest BCUT2D eigenvalue weighted by molar-refractivity contribution is 6.37. The molecular weight excluding hydrogens is 441 g/mol. The molecule has 1 heterocycles. The van der Waals surface area contributed by atoms with E-state index in [4.69, 9.17) is 27.9 Å². The lowest BCUT2D eigenvalue weighted by Gasteiger charge is -2.36. The Labute approximate surface area is 200 Å². The van der Waals surface area contributed by atoms with Gasteiger partial charge in [-0.15, -0.1) is 0 Å². The number of aliphatic hydroxyl groups is 1. The number of benzene rings is 3. The summed E-state index contributed by atoms with van der Waals surface area (Å²) in [5.74, 6) is 0.661. The first-order chi connectivity index (χ1) is 15.5. The molecule has 5 heteroatoms. The van der Waals surface area contributed by atoms with Crippen LogP contribution in [0.25, 0.3) is 10.8 Å². The van der Waals surface area contributed by atoms with E-state index in [0.29, 0.717) is 10.8 Å². The van der Waals surface area contributed by atoms with E-state index >= 15 is 0 Å². The molecule has 0 amide bonds. The van der Waals surface area contributed by atoms with Crippen molar-refractivity contribution in [2.24, 2.45) is 0 Å². The number of aliphatic hydroxyl groups excluding tert-OH is 1. The fourth-order valence-corrected chi connectivity index (χ4v) is 4.85. The van der Waals surface area contributed by atoms with Gasteiger partial charge in [-0.1, -0.05) is 65.2 Å². The van der Waals surface area contributed by atoms with Crippen molar-refractivity contribution >= 4 is 34.0 Å². The van der Waals surface area contributed by atoms with Gasteiger partial charge in [0.1, 0.15) is 5.75 Å². The van der Waals surface area contributed by atoms with E-state index in [-0.39, 0.29) is 6.04 Å². The molecule has 3 aromatic carbocycles. The summed E-state index contributed by atoms with van der Waals surface area (Å²) in [5.41, 5.74) is 3.68. The maximum Gasteiger partial charge on any atom is 0.138 e. The summed E-state index contributed by atoms with van der Waals surface area (Å²) >= 11 is 12.4.